The number of nitrogens with two attached hydrogens (primary N) is 7. The number of pyridine rings is 3. The zero-order valence-corrected chi connectivity index (χ0v) is 79.1. The molecule has 21 nitrogen and oxygen atoms in total. The monoisotopic (exact) mass is 1660 g/mol. The van der Waals surface area contributed by atoms with Crippen LogP contribution in [0, 0.1) is 6.07 Å². The molecule has 0 atom stereocenters. The number of H-pyrrole nitrogens is 2. The van der Waals surface area contributed by atoms with Gasteiger partial charge >= 0.3 is 0 Å². The molecule has 16 N–H and O–H groups in total. The Morgan fingerprint density at radius 1 is 0.363 bits per heavy atom. The van der Waals surface area contributed by atoms with E-state index in [1.807, 2.05) is 170 Å². The molecule has 0 saturated carbocycles. The maximum Gasteiger partial charge on any atom is 0.191 e. The van der Waals surface area contributed by atoms with Crippen LogP contribution in [0.25, 0.3) is 69.3 Å². The molecule has 0 aliphatic heterocycles. The zero-order valence-electron chi connectivity index (χ0n) is 74.6. The fraction of sp³-hybridized carbons (Fsp3) is 0.483. The summed E-state index contributed by atoms with van der Waals surface area (Å²) in [4.78, 5) is 13.1. The first-order valence-corrected chi connectivity index (χ1v) is 40.4. The van der Waals surface area contributed by atoms with Crippen LogP contribution in [0.3, 0.4) is 0 Å². The average Bonchev–Trinajstić information content (AvgIpc) is 1.72. The Morgan fingerprint density at radius 3 is 1.15 bits per heavy atom. The fourth-order valence-corrected chi connectivity index (χ4v) is 12.3. The first kappa shape index (κ1) is 109. The van der Waals surface area contributed by atoms with E-state index >= 15 is 0 Å². The van der Waals surface area contributed by atoms with Gasteiger partial charge in [-0.25, -0.2) is 0 Å². The molecule has 0 unspecified atom stereocenters. The third-order valence-electron chi connectivity index (χ3n) is 15.5. The molecule has 13 aromatic rings. The molecule has 113 heavy (non-hydrogen) atoms. The van der Waals surface area contributed by atoms with Gasteiger partial charge in [0.25, 0.3) is 0 Å². The van der Waals surface area contributed by atoms with Crippen LogP contribution in [0.2, 0.25) is 0 Å². The number of nitrogens with one attached hydrogen (secondary N) is 2. The standard InChI is InChI=1S/C11H15N3.C11H14N2O.C11H14N2S.C11H14N2.C10H14N4.C10H13N3O.C10H13N3S.7C2H6.CH4.Y/c1-11(2,3)8-6-4-5-7-9(8)13-14-10(7)12;2*1-11(2,3)8-6-4-5-7-9(8)14-13-10(7)12;1-11(2,3)9-6-4-5-8(7-9)10(12)13;1-10(2,3)8-7-6(4-5-12-8)9(11)14-13-7;2*1-10(2,3)8-7-6(4-5-12-8)9(11)13-14-7;7*1-2;;/h4-6H,1-3H3,(H3,12,13,14);2*4-6H,1-3H3,(H2,12,13);4-6H,1-3H3,(H2-,12,13);4-5H,1-3H3,(H3,11,13,14);2*4-5H,1-3H3,(H2,11,13);7*1-2H3;1H4;/q;;;-2;;;;;;;;;;;;. The number of anilines is 6. The summed E-state index contributed by atoms with van der Waals surface area (Å²) in [5, 5.41) is 36.3. The van der Waals surface area contributed by atoms with E-state index in [9.17, 15) is 0 Å². The SMILES string of the molecule is C.CC.CC.CC.CC.CC.CC.CC.CC(C)(C)c1[c-]c(C(=[N-])N)ccc1.CC(C)(C)c1cccc2c(N)n[nH]c12.CC(C)(C)c1cccc2c(N)noc12.CC(C)(C)c1cccc2c(N)nsc12.CC(C)(C)c1nccc2c(N)n[nH]c12.CC(C)(C)c1nccc2c(N)noc12.CC(C)(C)c1nccc2c(N)nsc12.[Y]. The molecule has 9 heterocycles. The van der Waals surface area contributed by atoms with Gasteiger partial charge in [-0.1, -0.05) is 296 Å². The summed E-state index contributed by atoms with van der Waals surface area (Å²) in [5.74, 6) is 3.08. The van der Waals surface area contributed by atoms with Crippen LogP contribution < -0.4 is 40.1 Å². The molecule has 0 bridgehead atoms. The van der Waals surface area contributed by atoms with Crippen molar-refractivity contribution in [3.8, 4) is 0 Å². The van der Waals surface area contributed by atoms with Crippen LogP contribution >= 0.6 is 23.1 Å². The number of aromatic amines is 2. The molecule has 24 heteroatoms. The Labute approximate surface area is 712 Å². The van der Waals surface area contributed by atoms with Crippen molar-refractivity contribution in [1.29, 1.82) is 0 Å². The minimum Gasteiger partial charge on any atom is -0.531 e. The number of hydrogen-bond acceptors (Lipinski definition) is 19. The van der Waals surface area contributed by atoms with Crippen LogP contribution in [0.1, 0.15) is 295 Å². The number of hydrogen-bond donors (Lipinski definition) is 9. The van der Waals surface area contributed by atoms with Gasteiger partial charge in [-0.05, 0) is 92.3 Å². The summed E-state index contributed by atoms with van der Waals surface area (Å²) in [5.41, 5.74) is 51.7. The van der Waals surface area contributed by atoms with Crippen LogP contribution in [0.5, 0.6) is 0 Å². The van der Waals surface area contributed by atoms with Gasteiger partial charge in [-0.3, -0.25) is 25.1 Å². The molecule has 9 aromatic heterocycles. The van der Waals surface area contributed by atoms with Gasteiger partial charge in [-0.15, -0.1) is 29.8 Å². The second-order valence-electron chi connectivity index (χ2n) is 30.8. The summed E-state index contributed by atoms with van der Waals surface area (Å²) < 4.78 is 21.1. The number of nitrogen functional groups attached to an aromatic ring is 6. The quantitative estimate of drug-likeness (QED) is 0.0419. The van der Waals surface area contributed by atoms with Crippen molar-refractivity contribution >= 4 is 128 Å². The van der Waals surface area contributed by atoms with Gasteiger partial charge in [0.2, 0.25) is 0 Å². The van der Waals surface area contributed by atoms with Crippen molar-refractivity contribution < 1.29 is 41.8 Å². The number of nitrogens with zero attached hydrogens (tertiary/aromatic N) is 10. The van der Waals surface area contributed by atoms with Crippen molar-refractivity contribution in [2.45, 2.75) is 288 Å². The normalized spacial score (nSPS) is 10.8. The molecule has 0 amide bonds. The molecule has 0 aliphatic carbocycles. The summed E-state index contributed by atoms with van der Waals surface area (Å²) in [6.45, 7) is 72.9. The van der Waals surface area contributed by atoms with E-state index < -0.39 is 0 Å². The summed E-state index contributed by atoms with van der Waals surface area (Å²) >= 11 is 2.92. The van der Waals surface area contributed by atoms with Gasteiger partial charge in [0.1, 0.15) is 11.6 Å². The van der Waals surface area contributed by atoms with Crippen molar-refractivity contribution in [3.63, 3.8) is 0 Å². The van der Waals surface area contributed by atoms with Gasteiger partial charge in [-0.2, -0.15) is 30.3 Å². The fourth-order valence-electron chi connectivity index (χ4n) is 10.3. The van der Waals surface area contributed by atoms with E-state index in [-0.39, 0.29) is 83.9 Å². The summed E-state index contributed by atoms with van der Waals surface area (Å²) in [6.07, 6.45) is 5.30. The predicted octanol–water partition coefficient (Wildman–Crippen LogP) is 24.7. The number of benzene rings is 4. The number of para-hydroxylation sites is 2. The van der Waals surface area contributed by atoms with Gasteiger partial charge in [0.05, 0.1) is 48.3 Å². The van der Waals surface area contributed by atoms with Crippen LogP contribution in [-0.4, -0.2) is 60.2 Å². The minimum atomic E-state index is -0.175. The Balaban J connectivity index is -0.00000121. The van der Waals surface area contributed by atoms with Crippen molar-refractivity contribution in [1.82, 2.24) is 54.4 Å². The van der Waals surface area contributed by atoms with Crippen molar-refractivity contribution in [3.05, 3.63) is 166 Å². The number of amidine groups is 1. The Morgan fingerprint density at radius 2 is 0.708 bits per heavy atom. The van der Waals surface area contributed by atoms with E-state index in [0.717, 1.165) is 81.8 Å². The van der Waals surface area contributed by atoms with Crippen molar-refractivity contribution in [2.24, 2.45) is 5.73 Å². The third kappa shape index (κ3) is 30.9. The Bertz CT molecular complexity index is 4140. The Kier molecular flexibility index (Phi) is 47.3. The minimum absolute atomic E-state index is 0. The molecule has 0 fully saturated rings. The average molecular weight is 1660 g/mol. The van der Waals surface area contributed by atoms with E-state index in [1.165, 1.54) is 38.9 Å². The van der Waals surface area contributed by atoms with Crippen LogP contribution in [0.4, 0.5) is 34.9 Å². The van der Waals surface area contributed by atoms with Crippen LogP contribution in [-0.2, 0) is 70.6 Å². The molecule has 13 rings (SSSR count). The van der Waals surface area contributed by atoms with Crippen molar-refractivity contribution in [2.75, 3.05) is 34.4 Å². The third-order valence-corrected chi connectivity index (χ3v) is 17.3. The second-order valence-corrected chi connectivity index (χ2v) is 32.4. The maximum absolute atomic E-state index is 9.08. The second kappa shape index (κ2) is 49.2. The molecule has 1 radical (unpaired) electrons. The molecule has 623 valence electrons. The predicted molar refractivity (Wildman–Crippen MR) is 493 cm³/mol. The van der Waals surface area contributed by atoms with Crippen LogP contribution in [0.15, 0.2) is 119 Å². The molecule has 0 aliphatic rings. The molecule has 0 saturated heterocycles. The van der Waals surface area contributed by atoms with Gasteiger partial charge in [0.15, 0.2) is 34.4 Å². The largest absolute Gasteiger partial charge is 0.531 e. The van der Waals surface area contributed by atoms with E-state index in [4.69, 9.17) is 54.6 Å². The molecule has 0 spiro atoms. The van der Waals surface area contributed by atoms with E-state index in [2.05, 4.69) is 218 Å². The number of rotatable bonds is 1. The first-order valence-electron chi connectivity index (χ1n) is 38.9. The smallest absolute Gasteiger partial charge is 0.191 e. The summed E-state index contributed by atoms with van der Waals surface area (Å²) in [6, 6.07) is 32.6. The summed E-state index contributed by atoms with van der Waals surface area (Å²) in [7, 11) is 0. The topological polar surface area (TPSA) is 378 Å². The van der Waals surface area contributed by atoms with Gasteiger partial charge in [0, 0.05) is 94.7 Å². The zero-order chi connectivity index (χ0) is 86.1. The maximum atomic E-state index is 9.08. The number of aromatic nitrogens is 11. The van der Waals surface area contributed by atoms with E-state index in [1.54, 1.807) is 24.7 Å². The molecular weight excluding hydrogens is 1520 g/mol. The number of fused-ring (bicyclic) bond motifs is 6. The van der Waals surface area contributed by atoms with Gasteiger partial charge < -0.3 is 54.6 Å². The van der Waals surface area contributed by atoms with E-state index in [0.29, 0.717) is 46.1 Å². The molecule has 4 aromatic carbocycles. The Hall–Kier alpha value is -8.64. The molecular formula is C89H143N19O2S2Y-2. The first-order chi connectivity index (χ1) is 51.9.